The van der Waals surface area contributed by atoms with Gasteiger partial charge in [0.15, 0.2) is 0 Å². The number of rotatable bonds is 4. The highest BCUT2D eigenvalue weighted by molar-refractivity contribution is 5.50. The van der Waals surface area contributed by atoms with Crippen molar-refractivity contribution in [3.05, 3.63) is 96.6 Å². The van der Waals surface area contributed by atoms with Gasteiger partial charge in [-0.25, -0.2) is 0 Å². The molecule has 1 heterocycles. The predicted octanol–water partition coefficient (Wildman–Crippen LogP) is 5.51. The van der Waals surface area contributed by atoms with Crippen LogP contribution in [0.1, 0.15) is 24.4 Å². The Labute approximate surface area is 150 Å². The lowest BCUT2D eigenvalue weighted by Crippen LogP contribution is -2.41. The molecule has 0 saturated carbocycles. The van der Waals surface area contributed by atoms with Crippen molar-refractivity contribution < 1.29 is 0 Å². The Morgan fingerprint density at radius 2 is 1.32 bits per heavy atom. The van der Waals surface area contributed by atoms with Crippen LogP contribution in [0, 0.1) is 0 Å². The van der Waals surface area contributed by atoms with Crippen LogP contribution in [0.2, 0.25) is 0 Å². The lowest BCUT2D eigenvalue weighted by atomic mass is 9.91. The third-order valence-electron chi connectivity index (χ3n) is 5.02. The molecular weight excluding hydrogens is 304 g/mol. The Kier molecular flexibility index (Phi) is 4.69. The first-order valence-corrected chi connectivity index (χ1v) is 9.08. The number of hydrogen-bond donors (Lipinski definition) is 1. The van der Waals surface area contributed by atoms with E-state index in [4.69, 9.17) is 0 Å². The molecule has 3 aromatic carbocycles. The lowest BCUT2D eigenvalue weighted by molar-refractivity contribution is 0.438. The summed E-state index contributed by atoms with van der Waals surface area (Å²) in [7, 11) is 0. The van der Waals surface area contributed by atoms with E-state index in [0.29, 0.717) is 12.1 Å². The minimum atomic E-state index is 0.401. The largest absolute Gasteiger partial charge is 0.382 e. The first kappa shape index (κ1) is 15.8. The van der Waals surface area contributed by atoms with Gasteiger partial charge in [0.05, 0.1) is 6.04 Å². The molecule has 0 aliphatic carbocycles. The van der Waals surface area contributed by atoms with Crippen molar-refractivity contribution in [1.82, 2.24) is 0 Å². The molecule has 4 rings (SSSR count). The Hall–Kier alpha value is -2.74. The van der Waals surface area contributed by atoms with Crippen molar-refractivity contribution in [2.45, 2.75) is 24.9 Å². The maximum atomic E-state index is 3.73. The standard InChI is InChI=1S/C23H24N2/c1-4-10-19(11-5-1)23-18-21(24-20-12-6-2-7-13-20)16-17-25(23)22-14-8-3-9-15-22/h1-15,21,23-24H,16-18H2/t21-,23-/m1/s1. The van der Waals surface area contributed by atoms with E-state index in [1.54, 1.807) is 0 Å². The second kappa shape index (κ2) is 7.43. The summed E-state index contributed by atoms with van der Waals surface area (Å²) >= 11 is 0. The maximum absolute atomic E-state index is 3.73. The Balaban J connectivity index is 1.58. The average Bonchev–Trinajstić information content (AvgIpc) is 2.70. The van der Waals surface area contributed by atoms with Gasteiger partial charge < -0.3 is 10.2 Å². The zero-order chi connectivity index (χ0) is 16.9. The first-order chi connectivity index (χ1) is 12.4. The molecule has 0 bridgehead atoms. The van der Waals surface area contributed by atoms with E-state index < -0.39 is 0 Å². The summed E-state index contributed by atoms with van der Waals surface area (Å²) in [5.41, 5.74) is 3.92. The molecule has 0 spiro atoms. The molecule has 1 aliphatic heterocycles. The van der Waals surface area contributed by atoms with Crippen LogP contribution in [0.3, 0.4) is 0 Å². The van der Waals surface area contributed by atoms with Crippen molar-refractivity contribution in [3.63, 3.8) is 0 Å². The molecular formula is C23H24N2. The van der Waals surface area contributed by atoms with E-state index in [0.717, 1.165) is 19.4 Å². The number of benzene rings is 3. The highest BCUT2D eigenvalue weighted by Crippen LogP contribution is 2.35. The van der Waals surface area contributed by atoms with Crippen LogP contribution in [-0.2, 0) is 0 Å². The molecule has 1 fully saturated rings. The van der Waals surface area contributed by atoms with E-state index in [1.807, 2.05) is 0 Å². The molecule has 1 aliphatic rings. The van der Waals surface area contributed by atoms with E-state index in [2.05, 4.69) is 101 Å². The van der Waals surface area contributed by atoms with Crippen LogP contribution in [0.4, 0.5) is 11.4 Å². The normalized spacial score (nSPS) is 20.2. The SMILES string of the molecule is c1ccc(N[C@@H]2CCN(c3ccccc3)[C@@H](c3ccccc3)C2)cc1. The highest BCUT2D eigenvalue weighted by atomic mass is 15.2. The smallest absolute Gasteiger partial charge is 0.0561 e. The van der Waals surface area contributed by atoms with Crippen molar-refractivity contribution in [1.29, 1.82) is 0 Å². The second-order valence-electron chi connectivity index (χ2n) is 6.69. The number of anilines is 2. The number of hydrogen-bond acceptors (Lipinski definition) is 2. The topological polar surface area (TPSA) is 15.3 Å². The van der Waals surface area contributed by atoms with Crippen LogP contribution < -0.4 is 10.2 Å². The molecule has 2 heteroatoms. The van der Waals surface area contributed by atoms with Crippen molar-refractivity contribution >= 4 is 11.4 Å². The number of para-hydroxylation sites is 2. The molecule has 2 nitrogen and oxygen atoms in total. The third kappa shape index (κ3) is 3.69. The molecule has 0 aromatic heterocycles. The van der Waals surface area contributed by atoms with E-state index in [9.17, 15) is 0 Å². The van der Waals surface area contributed by atoms with Gasteiger partial charge in [0, 0.05) is 24.0 Å². The summed E-state index contributed by atoms with van der Waals surface area (Å²) in [6, 6.07) is 33.1. The summed E-state index contributed by atoms with van der Waals surface area (Å²) < 4.78 is 0. The van der Waals surface area contributed by atoms with Crippen molar-refractivity contribution in [3.8, 4) is 0 Å². The monoisotopic (exact) mass is 328 g/mol. The fourth-order valence-electron chi connectivity index (χ4n) is 3.79. The molecule has 0 amide bonds. The zero-order valence-electron chi connectivity index (χ0n) is 14.4. The van der Waals surface area contributed by atoms with Crippen LogP contribution in [-0.4, -0.2) is 12.6 Å². The molecule has 1 saturated heterocycles. The van der Waals surface area contributed by atoms with Crippen LogP contribution >= 0.6 is 0 Å². The van der Waals surface area contributed by atoms with Gasteiger partial charge in [-0.1, -0.05) is 66.7 Å². The van der Waals surface area contributed by atoms with Gasteiger partial charge in [0.2, 0.25) is 0 Å². The molecule has 2 atom stereocenters. The number of nitrogens with zero attached hydrogens (tertiary/aromatic N) is 1. The third-order valence-corrected chi connectivity index (χ3v) is 5.02. The summed E-state index contributed by atoms with van der Waals surface area (Å²) in [5, 5.41) is 3.73. The molecule has 3 aromatic rings. The Morgan fingerprint density at radius 1 is 0.720 bits per heavy atom. The van der Waals surface area contributed by atoms with Gasteiger partial charge in [0.25, 0.3) is 0 Å². The number of nitrogens with one attached hydrogen (secondary N) is 1. The minimum Gasteiger partial charge on any atom is -0.382 e. The zero-order valence-corrected chi connectivity index (χ0v) is 14.4. The highest BCUT2D eigenvalue weighted by Gasteiger charge is 2.29. The Bertz CT molecular complexity index is 771. The fourth-order valence-corrected chi connectivity index (χ4v) is 3.79. The number of piperidine rings is 1. The van der Waals surface area contributed by atoms with Crippen LogP contribution in [0.25, 0.3) is 0 Å². The van der Waals surface area contributed by atoms with Crippen molar-refractivity contribution in [2.75, 3.05) is 16.8 Å². The maximum Gasteiger partial charge on any atom is 0.0561 e. The van der Waals surface area contributed by atoms with Gasteiger partial charge in [0.1, 0.15) is 0 Å². The summed E-state index contributed by atoms with van der Waals surface area (Å²) in [6.45, 7) is 1.06. The van der Waals surface area contributed by atoms with Crippen molar-refractivity contribution in [2.24, 2.45) is 0 Å². The summed E-state index contributed by atoms with van der Waals surface area (Å²) in [4.78, 5) is 2.55. The van der Waals surface area contributed by atoms with Gasteiger partial charge >= 0.3 is 0 Å². The fraction of sp³-hybridized carbons (Fsp3) is 0.217. The minimum absolute atomic E-state index is 0.401. The Morgan fingerprint density at radius 3 is 2.00 bits per heavy atom. The molecule has 25 heavy (non-hydrogen) atoms. The molecule has 1 N–H and O–H groups in total. The lowest BCUT2D eigenvalue weighted by Gasteiger charge is -2.42. The van der Waals surface area contributed by atoms with Gasteiger partial charge in [-0.3, -0.25) is 0 Å². The summed E-state index contributed by atoms with van der Waals surface area (Å²) in [6.07, 6.45) is 2.25. The molecule has 0 radical (unpaired) electrons. The molecule has 126 valence electrons. The van der Waals surface area contributed by atoms with E-state index in [1.165, 1.54) is 16.9 Å². The quantitative estimate of drug-likeness (QED) is 0.679. The van der Waals surface area contributed by atoms with Gasteiger partial charge in [-0.15, -0.1) is 0 Å². The van der Waals surface area contributed by atoms with E-state index >= 15 is 0 Å². The van der Waals surface area contributed by atoms with Crippen LogP contribution in [0.5, 0.6) is 0 Å². The van der Waals surface area contributed by atoms with Gasteiger partial charge in [-0.05, 0) is 42.7 Å². The summed E-state index contributed by atoms with van der Waals surface area (Å²) in [5.74, 6) is 0. The van der Waals surface area contributed by atoms with Crippen LogP contribution in [0.15, 0.2) is 91.0 Å². The molecule has 0 unspecified atom stereocenters. The first-order valence-electron chi connectivity index (χ1n) is 9.08. The second-order valence-corrected chi connectivity index (χ2v) is 6.69. The average molecular weight is 328 g/mol. The van der Waals surface area contributed by atoms with E-state index in [-0.39, 0.29) is 0 Å². The predicted molar refractivity (Wildman–Crippen MR) is 106 cm³/mol. The van der Waals surface area contributed by atoms with Gasteiger partial charge in [-0.2, -0.15) is 0 Å².